The highest BCUT2D eigenvalue weighted by molar-refractivity contribution is 5.86. The van der Waals surface area contributed by atoms with Gasteiger partial charge in [-0.3, -0.25) is 14.4 Å². The Bertz CT molecular complexity index is 1830. The van der Waals surface area contributed by atoms with E-state index in [9.17, 15) is 32.7 Å². The number of hydrogen-bond donors (Lipinski definition) is 1. The van der Waals surface area contributed by atoms with Gasteiger partial charge >= 0.3 is 12.1 Å². The summed E-state index contributed by atoms with van der Waals surface area (Å²) in [5.41, 5.74) is 0.395. The number of aldehydes is 1. The van der Waals surface area contributed by atoms with Gasteiger partial charge in [-0.25, -0.2) is 4.68 Å². The van der Waals surface area contributed by atoms with Crippen LogP contribution in [0, 0.1) is 11.8 Å². The number of rotatable bonds is 8. The molecule has 2 unspecified atom stereocenters. The number of carboxylic acid groups (broad SMARTS) is 1. The van der Waals surface area contributed by atoms with Gasteiger partial charge in [-0.05, 0) is 66.8 Å². The molecular formula is C32H28F3N3O6. The molecule has 0 radical (unpaired) electrons. The number of nitrogens with zero attached hydrogens (tertiary/aromatic N) is 3. The molecule has 1 fully saturated rings. The van der Waals surface area contributed by atoms with Crippen LogP contribution in [0.3, 0.4) is 0 Å². The van der Waals surface area contributed by atoms with Crippen LogP contribution in [0.5, 0.6) is 5.75 Å². The van der Waals surface area contributed by atoms with Crippen molar-refractivity contribution in [2.45, 2.75) is 38.4 Å². The molecule has 1 N–H and O–H groups in total. The lowest BCUT2D eigenvalue weighted by Crippen LogP contribution is -2.31. The van der Waals surface area contributed by atoms with Crippen LogP contribution < -0.4 is 10.3 Å². The predicted molar refractivity (Wildman–Crippen MR) is 155 cm³/mol. The average Bonchev–Trinajstić information content (AvgIpc) is 3.65. The van der Waals surface area contributed by atoms with Gasteiger partial charge in [0, 0.05) is 11.8 Å². The topological polar surface area (TPSA) is 125 Å². The molecule has 2 heterocycles. The highest BCUT2D eigenvalue weighted by atomic mass is 19.4. The van der Waals surface area contributed by atoms with Crippen LogP contribution in [-0.2, 0) is 23.9 Å². The number of carbonyl (C=O) groups excluding carboxylic acids is 1. The van der Waals surface area contributed by atoms with Gasteiger partial charge in [0.25, 0.3) is 5.56 Å². The van der Waals surface area contributed by atoms with Crippen LogP contribution in [0.2, 0.25) is 0 Å². The Hall–Kier alpha value is -5.00. The van der Waals surface area contributed by atoms with E-state index in [-0.39, 0.29) is 23.4 Å². The molecule has 6 rings (SSSR count). The van der Waals surface area contributed by atoms with Crippen molar-refractivity contribution in [2.75, 3.05) is 6.61 Å². The lowest BCUT2D eigenvalue weighted by molar-refractivity contribution is -0.143. The number of hydrogen-bond acceptors (Lipinski definition) is 7. The molecule has 9 nitrogen and oxygen atoms in total. The van der Waals surface area contributed by atoms with E-state index in [1.807, 2.05) is 36.4 Å². The van der Waals surface area contributed by atoms with Gasteiger partial charge in [-0.2, -0.15) is 13.2 Å². The first-order valence-corrected chi connectivity index (χ1v) is 14.0. The molecule has 0 spiro atoms. The minimum atomic E-state index is -4.56. The van der Waals surface area contributed by atoms with Crippen LogP contribution in [-0.4, -0.2) is 39.0 Å². The summed E-state index contributed by atoms with van der Waals surface area (Å²) in [5, 5.41) is 17.4. The lowest BCUT2D eigenvalue weighted by atomic mass is 9.96. The van der Waals surface area contributed by atoms with Crippen LogP contribution in [0.15, 0.2) is 82.0 Å². The number of halogens is 3. The van der Waals surface area contributed by atoms with Crippen molar-refractivity contribution >= 4 is 34.1 Å². The van der Waals surface area contributed by atoms with Crippen molar-refractivity contribution in [3.05, 3.63) is 100 Å². The minimum Gasteiger partial charge on any atom is -0.493 e. The SMILES string of the molecule is O=C(O)C1CCCC1Cn1nnc2ccc(C(F)(F)F)cc2c1=O.O=Cc1cc2cc(OCCc3ccccc3)ccc2o1. The number of fused-ring (bicyclic) bond motifs is 2. The van der Waals surface area contributed by atoms with E-state index in [4.69, 9.17) is 9.15 Å². The Morgan fingerprint density at radius 1 is 1.07 bits per heavy atom. The number of furan rings is 1. The first-order chi connectivity index (χ1) is 21.1. The molecule has 0 saturated heterocycles. The maximum absolute atomic E-state index is 12.8. The van der Waals surface area contributed by atoms with Gasteiger partial charge in [0.15, 0.2) is 12.0 Å². The van der Waals surface area contributed by atoms with Crippen LogP contribution in [0.25, 0.3) is 21.9 Å². The fraction of sp³-hybridized carbons (Fsp3) is 0.281. The summed E-state index contributed by atoms with van der Waals surface area (Å²) in [6.45, 7) is 0.656. The number of benzene rings is 3. The second kappa shape index (κ2) is 13.1. The number of aromatic nitrogens is 3. The second-order valence-electron chi connectivity index (χ2n) is 10.5. The predicted octanol–water partition coefficient (Wildman–Crippen LogP) is 6.18. The van der Waals surface area contributed by atoms with Gasteiger partial charge in [0.05, 0.1) is 30.0 Å². The fourth-order valence-electron chi connectivity index (χ4n) is 5.30. The standard InChI is InChI=1S/C17H14O3.C15H14F3N3O3/c18-12-16-11-14-10-15(6-7-17(14)20-16)19-9-8-13-4-2-1-3-5-13;16-15(17,18)9-4-5-12-11(6-9)13(22)21(20-19-12)7-8-2-1-3-10(8)14(23)24/h1-7,10-12H,8-9H2;4-6,8,10H,1-3,7H2,(H,23,24). The van der Waals surface area contributed by atoms with Gasteiger partial charge in [-0.1, -0.05) is 42.0 Å². The lowest BCUT2D eigenvalue weighted by Gasteiger charge is -2.16. The third-order valence-electron chi connectivity index (χ3n) is 7.56. The molecule has 0 amide bonds. The van der Waals surface area contributed by atoms with Crippen molar-refractivity contribution in [1.82, 2.24) is 15.0 Å². The minimum absolute atomic E-state index is 0.0367. The first kappa shape index (κ1) is 30.5. The van der Waals surface area contributed by atoms with Crippen molar-refractivity contribution in [1.29, 1.82) is 0 Å². The molecule has 12 heteroatoms. The monoisotopic (exact) mass is 607 g/mol. The van der Waals surface area contributed by atoms with Crippen molar-refractivity contribution in [2.24, 2.45) is 11.8 Å². The molecule has 228 valence electrons. The van der Waals surface area contributed by atoms with Crippen molar-refractivity contribution in [3.63, 3.8) is 0 Å². The Morgan fingerprint density at radius 2 is 1.86 bits per heavy atom. The number of alkyl halides is 3. The summed E-state index contributed by atoms with van der Waals surface area (Å²) in [5.74, 6) is -0.666. The van der Waals surface area contributed by atoms with E-state index in [1.165, 1.54) is 5.56 Å². The number of carbonyl (C=O) groups is 2. The Balaban J connectivity index is 0.000000177. The second-order valence-corrected chi connectivity index (χ2v) is 10.5. The molecule has 5 aromatic rings. The van der Waals surface area contributed by atoms with Crippen LogP contribution in [0.1, 0.15) is 40.9 Å². The Labute approximate surface area is 248 Å². The molecule has 2 atom stereocenters. The first-order valence-electron chi connectivity index (χ1n) is 14.0. The maximum atomic E-state index is 12.8. The van der Waals surface area contributed by atoms with E-state index in [1.54, 1.807) is 6.07 Å². The highest BCUT2D eigenvalue weighted by Crippen LogP contribution is 2.33. The molecule has 1 saturated carbocycles. The number of ether oxygens (including phenoxy) is 1. The van der Waals surface area contributed by atoms with E-state index < -0.39 is 29.2 Å². The average molecular weight is 608 g/mol. The zero-order valence-electron chi connectivity index (χ0n) is 23.4. The zero-order valence-corrected chi connectivity index (χ0v) is 23.4. The molecule has 44 heavy (non-hydrogen) atoms. The fourth-order valence-corrected chi connectivity index (χ4v) is 5.30. The molecule has 0 bridgehead atoms. The third-order valence-corrected chi connectivity index (χ3v) is 7.56. The summed E-state index contributed by atoms with van der Waals surface area (Å²) in [7, 11) is 0. The highest BCUT2D eigenvalue weighted by Gasteiger charge is 2.34. The Morgan fingerprint density at radius 3 is 2.59 bits per heavy atom. The molecule has 1 aliphatic rings. The summed E-state index contributed by atoms with van der Waals surface area (Å²) < 4.78 is 50.4. The zero-order chi connectivity index (χ0) is 31.3. The van der Waals surface area contributed by atoms with Gasteiger partial charge in [-0.15, -0.1) is 5.10 Å². The summed E-state index contributed by atoms with van der Waals surface area (Å²) in [6.07, 6.45) is -1.11. The molecule has 1 aliphatic carbocycles. The van der Waals surface area contributed by atoms with E-state index in [0.717, 1.165) is 46.9 Å². The largest absolute Gasteiger partial charge is 0.493 e. The summed E-state index contributed by atoms with van der Waals surface area (Å²) >= 11 is 0. The third kappa shape index (κ3) is 7.13. The summed E-state index contributed by atoms with van der Waals surface area (Å²) in [4.78, 5) is 34.3. The molecular weight excluding hydrogens is 579 g/mol. The number of carboxylic acids is 1. The van der Waals surface area contributed by atoms with Crippen LogP contribution >= 0.6 is 0 Å². The van der Waals surface area contributed by atoms with Gasteiger partial charge < -0.3 is 14.3 Å². The van der Waals surface area contributed by atoms with Crippen molar-refractivity contribution < 1.29 is 37.0 Å². The van der Waals surface area contributed by atoms with Crippen LogP contribution in [0.4, 0.5) is 13.2 Å². The van der Waals surface area contributed by atoms with Crippen molar-refractivity contribution in [3.8, 4) is 5.75 Å². The molecule has 2 aromatic heterocycles. The van der Waals surface area contributed by atoms with Gasteiger partial charge in [0.1, 0.15) is 16.8 Å². The molecule has 3 aromatic carbocycles. The smallest absolute Gasteiger partial charge is 0.416 e. The summed E-state index contributed by atoms with van der Waals surface area (Å²) in [6, 6.07) is 20.2. The maximum Gasteiger partial charge on any atom is 0.416 e. The van der Waals surface area contributed by atoms with E-state index in [0.29, 0.717) is 37.1 Å². The normalized spacial score (nSPS) is 16.4. The Kier molecular flexibility index (Phi) is 9.07. The van der Waals surface area contributed by atoms with Gasteiger partial charge in [0.2, 0.25) is 0 Å². The number of aliphatic carboxylic acids is 1. The van der Waals surface area contributed by atoms with E-state index >= 15 is 0 Å². The molecule has 0 aliphatic heterocycles. The van der Waals surface area contributed by atoms with E-state index in [2.05, 4.69) is 22.4 Å². The quantitative estimate of drug-likeness (QED) is 0.208.